The number of carbonyl (C=O) groups excluding carboxylic acids is 1. The lowest BCUT2D eigenvalue weighted by Gasteiger charge is -2.15. The molecule has 0 aliphatic carbocycles. The lowest BCUT2D eigenvalue weighted by molar-refractivity contribution is -0.115. The SMILES string of the molecule is Cc1cccc([C@H](C)NCC(=O)Nc2ccccc2Br)c1. The highest BCUT2D eigenvalue weighted by Crippen LogP contribution is 2.21. The highest BCUT2D eigenvalue weighted by Gasteiger charge is 2.09. The van der Waals surface area contributed by atoms with Crippen molar-refractivity contribution in [2.24, 2.45) is 0 Å². The van der Waals surface area contributed by atoms with Gasteiger partial charge in [-0.2, -0.15) is 0 Å². The zero-order valence-electron chi connectivity index (χ0n) is 12.2. The molecule has 0 saturated heterocycles. The number of para-hydroxylation sites is 1. The number of aryl methyl sites for hydroxylation is 1. The van der Waals surface area contributed by atoms with E-state index >= 15 is 0 Å². The van der Waals surface area contributed by atoms with Gasteiger partial charge in [-0.3, -0.25) is 4.79 Å². The van der Waals surface area contributed by atoms with Crippen LogP contribution in [-0.4, -0.2) is 12.5 Å². The second-order valence-electron chi connectivity index (χ2n) is 5.04. The summed E-state index contributed by atoms with van der Waals surface area (Å²) in [5.74, 6) is -0.0543. The maximum absolute atomic E-state index is 12.0. The summed E-state index contributed by atoms with van der Waals surface area (Å²) in [5, 5.41) is 6.12. The fraction of sp³-hybridized carbons (Fsp3) is 0.235. The van der Waals surface area contributed by atoms with Gasteiger partial charge in [0.1, 0.15) is 0 Å². The van der Waals surface area contributed by atoms with Gasteiger partial charge in [-0.15, -0.1) is 0 Å². The lowest BCUT2D eigenvalue weighted by atomic mass is 10.1. The van der Waals surface area contributed by atoms with E-state index < -0.39 is 0 Å². The van der Waals surface area contributed by atoms with Crippen molar-refractivity contribution >= 4 is 27.5 Å². The molecule has 2 rings (SSSR count). The third-order valence-electron chi connectivity index (χ3n) is 3.26. The summed E-state index contributed by atoms with van der Waals surface area (Å²) in [6.07, 6.45) is 0. The Morgan fingerprint density at radius 2 is 1.95 bits per heavy atom. The van der Waals surface area contributed by atoms with E-state index in [0.29, 0.717) is 0 Å². The van der Waals surface area contributed by atoms with E-state index in [9.17, 15) is 4.79 Å². The molecule has 1 amide bonds. The Labute approximate surface area is 133 Å². The standard InChI is InChI=1S/C17H19BrN2O/c1-12-6-5-7-14(10-12)13(2)19-11-17(21)20-16-9-4-3-8-15(16)18/h3-10,13,19H,11H2,1-2H3,(H,20,21)/t13-/m0/s1. The molecule has 0 fully saturated rings. The van der Waals surface area contributed by atoms with Gasteiger partial charge in [-0.05, 0) is 47.5 Å². The number of carbonyl (C=O) groups is 1. The summed E-state index contributed by atoms with van der Waals surface area (Å²) in [6, 6.07) is 16.0. The van der Waals surface area contributed by atoms with Crippen LogP contribution in [-0.2, 0) is 4.79 Å². The molecule has 0 unspecified atom stereocenters. The normalized spacial score (nSPS) is 12.0. The summed E-state index contributed by atoms with van der Waals surface area (Å²) >= 11 is 3.41. The van der Waals surface area contributed by atoms with Gasteiger partial charge in [0, 0.05) is 10.5 Å². The van der Waals surface area contributed by atoms with E-state index in [1.807, 2.05) is 30.3 Å². The van der Waals surface area contributed by atoms with E-state index in [2.05, 4.69) is 58.6 Å². The minimum absolute atomic E-state index is 0.0543. The molecule has 0 saturated carbocycles. The Balaban J connectivity index is 1.88. The van der Waals surface area contributed by atoms with Crippen molar-refractivity contribution in [1.82, 2.24) is 5.32 Å². The third kappa shape index (κ3) is 4.69. The van der Waals surface area contributed by atoms with Crippen LogP contribution in [0.1, 0.15) is 24.1 Å². The molecule has 0 radical (unpaired) electrons. The average molecular weight is 347 g/mol. The van der Waals surface area contributed by atoms with Crippen LogP contribution in [0.5, 0.6) is 0 Å². The molecular weight excluding hydrogens is 328 g/mol. The molecule has 2 aromatic rings. The van der Waals surface area contributed by atoms with Gasteiger partial charge in [0.05, 0.1) is 12.2 Å². The van der Waals surface area contributed by atoms with E-state index in [0.717, 1.165) is 10.2 Å². The molecule has 0 bridgehead atoms. The summed E-state index contributed by atoms with van der Waals surface area (Å²) in [6.45, 7) is 4.40. The third-order valence-corrected chi connectivity index (χ3v) is 3.95. The van der Waals surface area contributed by atoms with E-state index in [4.69, 9.17) is 0 Å². The number of nitrogens with one attached hydrogen (secondary N) is 2. The zero-order chi connectivity index (χ0) is 15.2. The largest absolute Gasteiger partial charge is 0.324 e. The van der Waals surface area contributed by atoms with Crippen LogP contribution in [0.4, 0.5) is 5.69 Å². The van der Waals surface area contributed by atoms with Crippen molar-refractivity contribution in [3.63, 3.8) is 0 Å². The van der Waals surface area contributed by atoms with Gasteiger partial charge in [0.2, 0.25) is 5.91 Å². The molecule has 0 aromatic heterocycles. The first-order valence-corrected chi connectivity index (χ1v) is 7.70. The number of halogens is 1. The van der Waals surface area contributed by atoms with Crippen LogP contribution in [0, 0.1) is 6.92 Å². The van der Waals surface area contributed by atoms with Gasteiger partial charge in [-0.25, -0.2) is 0 Å². The molecule has 0 spiro atoms. The summed E-state index contributed by atoms with van der Waals surface area (Å²) in [5.41, 5.74) is 3.19. The van der Waals surface area contributed by atoms with Crippen molar-refractivity contribution in [3.05, 3.63) is 64.1 Å². The van der Waals surface area contributed by atoms with Gasteiger partial charge >= 0.3 is 0 Å². The van der Waals surface area contributed by atoms with Crippen LogP contribution in [0.15, 0.2) is 53.0 Å². The van der Waals surface area contributed by atoms with Gasteiger partial charge < -0.3 is 10.6 Å². The summed E-state index contributed by atoms with van der Waals surface area (Å²) in [4.78, 5) is 12.0. The molecule has 0 aliphatic heterocycles. The van der Waals surface area contributed by atoms with Crippen LogP contribution in [0.3, 0.4) is 0 Å². The number of anilines is 1. The van der Waals surface area contributed by atoms with Crippen molar-refractivity contribution in [2.45, 2.75) is 19.9 Å². The first kappa shape index (κ1) is 15.7. The molecule has 4 heteroatoms. The Bertz CT molecular complexity index is 628. The zero-order valence-corrected chi connectivity index (χ0v) is 13.8. The second kappa shape index (κ2) is 7.38. The number of hydrogen-bond acceptors (Lipinski definition) is 2. The predicted molar refractivity (Wildman–Crippen MR) is 90.4 cm³/mol. The van der Waals surface area contributed by atoms with Gasteiger partial charge in [-0.1, -0.05) is 42.0 Å². The number of benzene rings is 2. The fourth-order valence-electron chi connectivity index (χ4n) is 2.06. The minimum atomic E-state index is -0.0543. The first-order chi connectivity index (χ1) is 10.1. The summed E-state index contributed by atoms with van der Waals surface area (Å²) in [7, 11) is 0. The van der Waals surface area contributed by atoms with Crippen LogP contribution < -0.4 is 10.6 Å². The highest BCUT2D eigenvalue weighted by atomic mass is 79.9. The van der Waals surface area contributed by atoms with Crippen LogP contribution in [0.2, 0.25) is 0 Å². The monoisotopic (exact) mass is 346 g/mol. The molecule has 110 valence electrons. The summed E-state index contributed by atoms with van der Waals surface area (Å²) < 4.78 is 0.880. The molecular formula is C17H19BrN2O. The lowest BCUT2D eigenvalue weighted by Crippen LogP contribution is -2.30. The first-order valence-electron chi connectivity index (χ1n) is 6.90. The van der Waals surface area contributed by atoms with Crippen molar-refractivity contribution in [2.75, 3.05) is 11.9 Å². The molecule has 21 heavy (non-hydrogen) atoms. The average Bonchev–Trinajstić information content (AvgIpc) is 2.47. The molecule has 0 aliphatic rings. The topological polar surface area (TPSA) is 41.1 Å². The predicted octanol–water partition coefficient (Wildman–Crippen LogP) is 4.05. The maximum atomic E-state index is 12.0. The quantitative estimate of drug-likeness (QED) is 0.857. The molecule has 3 nitrogen and oxygen atoms in total. The van der Waals surface area contributed by atoms with E-state index in [-0.39, 0.29) is 18.5 Å². The Morgan fingerprint density at radius 3 is 2.67 bits per heavy atom. The molecule has 1 atom stereocenters. The maximum Gasteiger partial charge on any atom is 0.238 e. The number of hydrogen-bond donors (Lipinski definition) is 2. The van der Waals surface area contributed by atoms with Gasteiger partial charge in [0.15, 0.2) is 0 Å². The van der Waals surface area contributed by atoms with E-state index in [1.54, 1.807) is 0 Å². The Hall–Kier alpha value is -1.65. The van der Waals surface area contributed by atoms with Crippen LogP contribution in [0.25, 0.3) is 0 Å². The fourth-order valence-corrected chi connectivity index (χ4v) is 2.44. The van der Waals surface area contributed by atoms with Crippen molar-refractivity contribution < 1.29 is 4.79 Å². The van der Waals surface area contributed by atoms with Crippen molar-refractivity contribution in [3.8, 4) is 0 Å². The van der Waals surface area contributed by atoms with E-state index in [1.165, 1.54) is 11.1 Å². The van der Waals surface area contributed by atoms with Gasteiger partial charge in [0.25, 0.3) is 0 Å². The second-order valence-corrected chi connectivity index (χ2v) is 5.90. The highest BCUT2D eigenvalue weighted by molar-refractivity contribution is 9.10. The van der Waals surface area contributed by atoms with Crippen molar-refractivity contribution in [1.29, 1.82) is 0 Å². The number of amides is 1. The Morgan fingerprint density at radius 1 is 1.19 bits per heavy atom. The number of rotatable bonds is 5. The smallest absolute Gasteiger partial charge is 0.238 e. The van der Waals surface area contributed by atoms with Crippen LogP contribution >= 0.6 is 15.9 Å². The molecule has 2 N–H and O–H groups in total. The minimum Gasteiger partial charge on any atom is -0.324 e. The Kier molecular flexibility index (Phi) is 5.53. The molecule has 2 aromatic carbocycles. The molecule has 0 heterocycles.